The number of hydrogen-bond donors (Lipinski definition) is 1. The largest absolute Gasteiger partial charge is 0.351 e. The average Bonchev–Trinajstić information content (AvgIpc) is 2.83. The van der Waals surface area contributed by atoms with Crippen molar-refractivity contribution >= 4 is 40.2 Å². The molecule has 8 heteroatoms. The van der Waals surface area contributed by atoms with Gasteiger partial charge in [0.15, 0.2) is 5.16 Å². The fraction of sp³-hybridized carbons (Fsp3) is 0.400. The topological polar surface area (TPSA) is 67.2 Å². The predicted molar refractivity (Wildman–Crippen MR) is 137 cm³/mol. The second kappa shape index (κ2) is 12.2. The van der Waals surface area contributed by atoms with Crippen LogP contribution in [0.5, 0.6) is 0 Å². The van der Waals surface area contributed by atoms with Gasteiger partial charge in [0.2, 0.25) is 5.91 Å². The lowest BCUT2D eigenvalue weighted by Gasteiger charge is -2.20. The Bertz CT molecular complexity index is 1130. The van der Waals surface area contributed by atoms with E-state index >= 15 is 0 Å². The molecule has 2 aromatic carbocycles. The fourth-order valence-corrected chi connectivity index (χ4v) is 4.66. The Morgan fingerprint density at radius 3 is 2.55 bits per heavy atom. The number of rotatable bonds is 11. The van der Waals surface area contributed by atoms with Crippen LogP contribution in [-0.4, -0.2) is 45.2 Å². The van der Waals surface area contributed by atoms with Crippen molar-refractivity contribution in [3.63, 3.8) is 0 Å². The molecule has 1 N–H and O–H groups in total. The zero-order chi connectivity index (χ0) is 23.8. The van der Waals surface area contributed by atoms with E-state index in [1.54, 1.807) is 16.7 Å². The summed E-state index contributed by atoms with van der Waals surface area (Å²) in [5.41, 5.74) is 1.57. The number of halogens is 1. The number of aromatic nitrogens is 2. The van der Waals surface area contributed by atoms with Gasteiger partial charge in [0.25, 0.3) is 5.56 Å². The van der Waals surface area contributed by atoms with Crippen LogP contribution in [0, 0.1) is 0 Å². The zero-order valence-corrected chi connectivity index (χ0v) is 21.0. The summed E-state index contributed by atoms with van der Waals surface area (Å²) < 4.78 is 1.72. The molecular weight excluding hydrogens is 456 g/mol. The highest BCUT2D eigenvalue weighted by molar-refractivity contribution is 8.00. The minimum absolute atomic E-state index is 0.0589. The summed E-state index contributed by atoms with van der Waals surface area (Å²) in [7, 11) is 0. The molecule has 0 aliphatic heterocycles. The maximum Gasteiger partial charge on any atom is 0.262 e. The standard InChI is InChI=1S/C25H31ClN4O2S/c1-4-29(5-2)15-8-16-30-24(32)21-9-6-7-10-22(21)28-25(30)33-18(3)23(31)27-17-19-11-13-20(26)14-12-19/h6-7,9-14,18H,4-5,8,15-17H2,1-3H3,(H,27,31). The number of nitrogens with zero attached hydrogens (tertiary/aromatic N) is 3. The number of thioether (sulfide) groups is 1. The first-order valence-corrected chi connectivity index (χ1v) is 12.6. The number of hydrogen-bond acceptors (Lipinski definition) is 5. The van der Waals surface area contributed by atoms with Crippen LogP contribution < -0.4 is 10.9 Å². The second-order valence-electron chi connectivity index (χ2n) is 7.85. The molecular formula is C25H31ClN4O2S. The van der Waals surface area contributed by atoms with Crippen LogP contribution in [0.4, 0.5) is 0 Å². The Kier molecular flexibility index (Phi) is 9.35. The molecule has 0 aliphatic rings. The van der Waals surface area contributed by atoms with Crippen molar-refractivity contribution in [2.45, 2.75) is 50.7 Å². The van der Waals surface area contributed by atoms with Gasteiger partial charge >= 0.3 is 0 Å². The van der Waals surface area contributed by atoms with Crippen molar-refractivity contribution in [1.29, 1.82) is 0 Å². The molecule has 3 rings (SSSR count). The van der Waals surface area contributed by atoms with Gasteiger partial charge < -0.3 is 10.2 Å². The molecule has 0 saturated heterocycles. The third-order valence-corrected chi connectivity index (χ3v) is 6.95. The van der Waals surface area contributed by atoms with Gasteiger partial charge in [-0.15, -0.1) is 0 Å². The third kappa shape index (κ3) is 6.82. The van der Waals surface area contributed by atoms with E-state index in [1.165, 1.54) is 11.8 Å². The van der Waals surface area contributed by atoms with Crippen LogP contribution >= 0.6 is 23.4 Å². The van der Waals surface area contributed by atoms with E-state index in [1.807, 2.05) is 43.3 Å². The number of nitrogens with one attached hydrogen (secondary N) is 1. The highest BCUT2D eigenvalue weighted by Crippen LogP contribution is 2.23. The normalized spacial score (nSPS) is 12.3. The van der Waals surface area contributed by atoms with Crippen LogP contribution in [0.1, 0.15) is 32.8 Å². The van der Waals surface area contributed by atoms with Gasteiger partial charge in [-0.1, -0.05) is 61.5 Å². The van der Waals surface area contributed by atoms with Crippen molar-refractivity contribution < 1.29 is 4.79 Å². The monoisotopic (exact) mass is 486 g/mol. The quantitative estimate of drug-likeness (QED) is 0.317. The van der Waals surface area contributed by atoms with Crippen LogP contribution in [0.25, 0.3) is 10.9 Å². The first-order chi connectivity index (χ1) is 15.9. The first kappa shape index (κ1) is 25.3. The summed E-state index contributed by atoms with van der Waals surface area (Å²) >= 11 is 7.25. The van der Waals surface area contributed by atoms with Gasteiger partial charge in [0.1, 0.15) is 0 Å². The lowest BCUT2D eigenvalue weighted by molar-refractivity contribution is -0.120. The molecule has 0 saturated carbocycles. The van der Waals surface area contributed by atoms with Gasteiger partial charge in [-0.2, -0.15) is 0 Å². The second-order valence-corrected chi connectivity index (χ2v) is 9.60. The Hall–Kier alpha value is -2.35. The minimum atomic E-state index is -0.403. The SMILES string of the molecule is CCN(CC)CCCn1c(SC(C)C(=O)NCc2ccc(Cl)cc2)nc2ccccc2c1=O. The van der Waals surface area contributed by atoms with Gasteiger partial charge in [-0.3, -0.25) is 14.2 Å². The molecule has 1 heterocycles. The summed E-state index contributed by atoms with van der Waals surface area (Å²) in [5.74, 6) is -0.105. The predicted octanol–water partition coefficient (Wildman–Crippen LogP) is 4.58. The number of benzene rings is 2. The van der Waals surface area contributed by atoms with Crippen molar-refractivity contribution in [1.82, 2.24) is 19.8 Å². The van der Waals surface area contributed by atoms with Crippen LogP contribution in [0.2, 0.25) is 5.02 Å². The van der Waals surface area contributed by atoms with E-state index in [9.17, 15) is 9.59 Å². The van der Waals surface area contributed by atoms with Crippen molar-refractivity contribution in [3.8, 4) is 0 Å². The molecule has 1 atom stereocenters. The smallest absolute Gasteiger partial charge is 0.262 e. The highest BCUT2D eigenvalue weighted by atomic mass is 35.5. The van der Waals surface area contributed by atoms with Gasteiger partial charge in [-0.05, 0) is 62.8 Å². The van der Waals surface area contributed by atoms with E-state index in [-0.39, 0.29) is 11.5 Å². The number of amides is 1. The Balaban J connectivity index is 1.75. The maximum atomic E-state index is 13.2. The third-order valence-electron chi connectivity index (χ3n) is 5.61. The summed E-state index contributed by atoms with van der Waals surface area (Å²) in [5, 5.41) is 4.40. The number of para-hydroxylation sites is 1. The van der Waals surface area contributed by atoms with Crippen LogP contribution in [-0.2, 0) is 17.9 Å². The first-order valence-electron chi connectivity index (χ1n) is 11.3. The van der Waals surface area contributed by atoms with Crippen LogP contribution in [0.15, 0.2) is 58.5 Å². The molecule has 0 bridgehead atoms. The Morgan fingerprint density at radius 2 is 1.85 bits per heavy atom. The number of carbonyl (C=O) groups excluding carboxylic acids is 1. The van der Waals surface area contributed by atoms with Gasteiger partial charge in [0, 0.05) is 18.1 Å². The summed E-state index contributed by atoms with van der Waals surface area (Å²) in [6.45, 7) is 9.97. The molecule has 6 nitrogen and oxygen atoms in total. The molecule has 0 radical (unpaired) electrons. The zero-order valence-electron chi connectivity index (χ0n) is 19.4. The molecule has 0 fully saturated rings. The molecule has 176 valence electrons. The molecule has 0 spiro atoms. The summed E-state index contributed by atoms with van der Waals surface area (Å²) in [6, 6.07) is 14.8. The van der Waals surface area contributed by atoms with Crippen LogP contribution in [0.3, 0.4) is 0 Å². The number of carbonyl (C=O) groups is 1. The van der Waals surface area contributed by atoms with E-state index in [0.717, 1.165) is 31.6 Å². The molecule has 33 heavy (non-hydrogen) atoms. The Morgan fingerprint density at radius 1 is 1.15 bits per heavy atom. The molecule has 1 unspecified atom stereocenters. The molecule has 0 aliphatic carbocycles. The lowest BCUT2D eigenvalue weighted by Crippen LogP contribution is -2.32. The van der Waals surface area contributed by atoms with Crippen molar-refractivity contribution in [3.05, 3.63) is 69.5 Å². The highest BCUT2D eigenvalue weighted by Gasteiger charge is 2.19. The molecule has 1 aromatic heterocycles. The molecule has 3 aromatic rings. The number of fused-ring (bicyclic) bond motifs is 1. The average molecular weight is 487 g/mol. The Labute approximate surface area is 204 Å². The summed E-state index contributed by atoms with van der Waals surface area (Å²) in [6.07, 6.45) is 0.840. The summed E-state index contributed by atoms with van der Waals surface area (Å²) in [4.78, 5) is 33.1. The van der Waals surface area contributed by atoms with Crippen molar-refractivity contribution in [2.24, 2.45) is 0 Å². The fourth-order valence-electron chi connectivity index (χ4n) is 3.57. The van der Waals surface area contributed by atoms with E-state index in [4.69, 9.17) is 16.6 Å². The minimum Gasteiger partial charge on any atom is -0.351 e. The van der Waals surface area contributed by atoms with E-state index in [0.29, 0.717) is 34.2 Å². The van der Waals surface area contributed by atoms with E-state index < -0.39 is 5.25 Å². The van der Waals surface area contributed by atoms with Gasteiger partial charge in [0.05, 0.1) is 16.2 Å². The molecule has 1 amide bonds. The maximum absolute atomic E-state index is 13.2. The van der Waals surface area contributed by atoms with E-state index in [2.05, 4.69) is 24.1 Å². The van der Waals surface area contributed by atoms with Gasteiger partial charge in [-0.25, -0.2) is 4.98 Å². The van der Waals surface area contributed by atoms with Crippen molar-refractivity contribution in [2.75, 3.05) is 19.6 Å². The lowest BCUT2D eigenvalue weighted by atomic mass is 10.2.